The number of rotatable bonds is 7. The molecule has 0 radical (unpaired) electrons. The molecular formula is C9H14ClN3O2. The van der Waals surface area contributed by atoms with E-state index in [1.807, 2.05) is 0 Å². The molecule has 6 heteroatoms. The van der Waals surface area contributed by atoms with Gasteiger partial charge in [-0.1, -0.05) is 12.8 Å². The summed E-state index contributed by atoms with van der Waals surface area (Å²) in [6, 6.07) is 0. The van der Waals surface area contributed by atoms with Crippen LogP contribution in [-0.2, 0) is 6.54 Å². The van der Waals surface area contributed by atoms with Gasteiger partial charge in [0.1, 0.15) is 6.20 Å². The van der Waals surface area contributed by atoms with Crippen molar-refractivity contribution in [2.75, 3.05) is 5.88 Å². The second kappa shape index (κ2) is 6.40. The molecule has 0 atom stereocenters. The minimum atomic E-state index is -0.482. The molecule has 0 N–H and O–H groups in total. The van der Waals surface area contributed by atoms with Gasteiger partial charge in [-0.2, -0.15) is 0 Å². The van der Waals surface area contributed by atoms with Crippen LogP contribution < -0.4 is 0 Å². The van der Waals surface area contributed by atoms with Gasteiger partial charge >= 0.3 is 5.82 Å². The lowest BCUT2D eigenvalue weighted by atomic mass is 10.2. The van der Waals surface area contributed by atoms with E-state index in [-0.39, 0.29) is 5.82 Å². The fraction of sp³-hybridized carbons (Fsp3) is 0.667. The van der Waals surface area contributed by atoms with E-state index < -0.39 is 4.92 Å². The lowest BCUT2D eigenvalue weighted by molar-refractivity contribution is -0.389. The van der Waals surface area contributed by atoms with Crippen LogP contribution >= 0.6 is 11.6 Å². The number of aromatic nitrogens is 2. The molecule has 0 aliphatic carbocycles. The highest BCUT2D eigenvalue weighted by atomic mass is 35.5. The molecule has 0 aromatic carbocycles. The van der Waals surface area contributed by atoms with E-state index in [0.29, 0.717) is 5.88 Å². The molecular weight excluding hydrogens is 218 g/mol. The zero-order valence-electron chi connectivity index (χ0n) is 8.43. The Kier molecular flexibility index (Phi) is 5.10. The Morgan fingerprint density at radius 3 is 2.73 bits per heavy atom. The summed E-state index contributed by atoms with van der Waals surface area (Å²) in [4.78, 5) is 13.5. The highest BCUT2D eigenvalue weighted by molar-refractivity contribution is 6.17. The minimum Gasteiger partial charge on any atom is -0.358 e. The zero-order chi connectivity index (χ0) is 11.1. The summed E-state index contributed by atoms with van der Waals surface area (Å²) in [6.07, 6.45) is 7.20. The Hall–Kier alpha value is -1.10. The smallest absolute Gasteiger partial charge is 0.358 e. The monoisotopic (exact) mass is 231 g/mol. The van der Waals surface area contributed by atoms with Crippen molar-refractivity contribution in [3.63, 3.8) is 0 Å². The molecule has 0 saturated heterocycles. The Labute approximate surface area is 93.2 Å². The summed E-state index contributed by atoms with van der Waals surface area (Å²) >= 11 is 5.55. The Balaban J connectivity index is 2.23. The molecule has 84 valence electrons. The van der Waals surface area contributed by atoms with Crippen molar-refractivity contribution in [2.24, 2.45) is 0 Å². The maximum atomic E-state index is 10.3. The largest absolute Gasteiger partial charge is 0.381 e. The van der Waals surface area contributed by atoms with Crippen molar-refractivity contribution in [3.8, 4) is 0 Å². The molecule has 0 bridgehead atoms. The first-order valence-corrected chi connectivity index (χ1v) is 5.49. The molecule has 0 fully saturated rings. The second-order valence-corrected chi connectivity index (χ2v) is 3.71. The van der Waals surface area contributed by atoms with Gasteiger partial charge in [-0.3, -0.25) is 0 Å². The highest BCUT2D eigenvalue weighted by Crippen LogP contribution is 2.08. The molecule has 1 heterocycles. The maximum Gasteiger partial charge on any atom is 0.381 e. The molecule has 1 rings (SSSR count). The molecule has 0 aliphatic heterocycles. The number of aryl methyl sites for hydroxylation is 1. The van der Waals surface area contributed by atoms with Gasteiger partial charge in [0.25, 0.3) is 0 Å². The van der Waals surface area contributed by atoms with E-state index in [1.54, 1.807) is 4.57 Å². The maximum absolute atomic E-state index is 10.3. The van der Waals surface area contributed by atoms with Crippen LogP contribution in [0.25, 0.3) is 0 Å². The van der Waals surface area contributed by atoms with Gasteiger partial charge in [0, 0.05) is 12.4 Å². The lowest BCUT2D eigenvalue weighted by Crippen LogP contribution is -1.94. The fourth-order valence-corrected chi connectivity index (χ4v) is 1.50. The third-order valence-corrected chi connectivity index (χ3v) is 2.37. The van der Waals surface area contributed by atoms with E-state index in [9.17, 15) is 10.1 Å². The van der Waals surface area contributed by atoms with E-state index in [0.717, 1.165) is 32.2 Å². The quantitative estimate of drug-likeness (QED) is 0.314. The number of hydrogen-bond donors (Lipinski definition) is 0. The Morgan fingerprint density at radius 2 is 2.13 bits per heavy atom. The molecule has 0 aliphatic rings. The van der Waals surface area contributed by atoms with Crippen LogP contribution in [0.2, 0.25) is 0 Å². The van der Waals surface area contributed by atoms with E-state index in [1.165, 1.54) is 12.5 Å². The number of hydrogen-bond acceptors (Lipinski definition) is 3. The van der Waals surface area contributed by atoms with Crippen LogP contribution in [0.3, 0.4) is 0 Å². The van der Waals surface area contributed by atoms with Crippen LogP contribution in [0, 0.1) is 10.1 Å². The summed E-state index contributed by atoms with van der Waals surface area (Å²) < 4.78 is 1.75. The number of imidazole rings is 1. The van der Waals surface area contributed by atoms with Crippen LogP contribution in [-0.4, -0.2) is 20.4 Å². The Morgan fingerprint density at radius 1 is 1.40 bits per heavy atom. The van der Waals surface area contributed by atoms with Crippen molar-refractivity contribution in [1.29, 1.82) is 0 Å². The van der Waals surface area contributed by atoms with Crippen LogP contribution in [0.15, 0.2) is 12.5 Å². The SMILES string of the molecule is O=[N+]([O-])c1cn(CCCCCCCl)cn1. The number of alkyl halides is 1. The number of halogens is 1. The van der Waals surface area contributed by atoms with Gasteiger partial charge in [0.2, 0.25) is 6.33 Å². The average Bonchev–Trinajstić information content (AvgIpc) is 2.66. The molecule has 15 heavy (non-hydrogen) atoms. The number of nitrogens with zero attached hydrogens (tertiary/aromatic N) is 3. The molecule has 5 nitrogen and oxygen atoms in total. The molecule has 1 aromatic rings. The number of unbranched alkanes of at least 4 members (excludes halogenated alkanes) is 3. The average molecular weight is 232 g/mol. The van der Waals surface area contributed by atoms with Gasteiger partial charge in [-0.25, -0.2) is 0 Å². The molecule has 1 aromatic heterocycles. The summed E-state index contributed by atoms with van der Waals surface area (Å²) in [6.45, 7) is 0.781. The molecule has 0 unspecified atom stereocenters. The first-order valence-electron chi connectivity index (χ1n) is 4.96. The Bertz CT molecular complexity index is 314. The first kappa shape index (κ1) is 12.0. The standard InChI is InChI=1S/C9H14ClN3O2/c10-5-3-1-2-4-6-12-7-9(11-8-12)13(14)15/h7-8H,1-6H2. The van der Waals surface area contributed by atoms with Gasteiger partial charge in [-0.15, -0.1) is 11.6 Å². The third-order valence-electron chi connectivity index (χ3n) is 2.11. The van der Waals surface area contributed by atoms with E-state index in [4.69, 9.17) is 11.6 Å². The topological polar surface area (TPSA) is 61.0 Å². The normalized spacial score (nSPS) is 10.5. The van der Waals surface area contributed by atoms with Crippen molar-refractivity contribution < 1.29 is 4.92 Å². The van der Waals surface area contributed by atoms with Gasteiger partial charge in [0.05, 0.1) is 0 Å². The second-order valence-electron chi connectivity index (χ2n) is 3.33. The van der Waals surface area contributed by atoms with Gasteiger partial charge in [-0.05, 0) is 22.7 Å². The van der Waals surface area contributed by atoms with Crippen LogP contribution in [0.1, 0.15) is 25.7 Å². The predicted octanol–water partition coefficient (Wildman–Crippen LogP) is 2.59. The zero-order valence-corrected chi connectivity index (χ0v) is 9.19. The van der Waals surface area contributed by atoms with E-state index >= 15 is 0 Å². The molecule has 0 amide bonds. The van der Waals surface area contributed by atoms with Gasteiger partial charge < -0.3 is 14.7 Å². The minimum absolute atomic E-state index is 0.0873. The van der Waals surface area contributed by atoms with Crippen molar-refractivity contribution in [2.45, 2.75) is 32.2 Å². The lowest BCUT2D eigenvalue weighted by Gasteiger charge is -1.99. The summed E-state index contributed by atoms with van der Waals surface area (Å²) in [5.41, 5.74) is 0. The molecule has 0 spiro atoms. The van der Waals surface area contributed by atoms with Crippen LogP contribution in [0.4, 0.5) is 5.82 Å². The van der Waals surface area contributed by atoms with Gasteiger partial charge in [0.15, 0.2) is 0 Å². The van der Waals surface area contributed by atoms with Crippen LogP contribution in [0.5, 0.6) is 0 Å². The summed E-state index contributed by atoms with van der Waals surface area (Å²) in [5, 5.41) is 10.3. The predicted molar refractivity (Wildman–Crippen MR) is 58.1 cm³/mol. The highest BCUT2D eigenvalue weighted by Gasteiger charge is 2.08. The summed E-state index contributed by atoms with van der Waals surface area (Å²) in [7, 11) is 0. The van der Waals surface area contributed by atoms with E-state index in [2.05, 4.69) is 4.98 Å². The van der Waals surface area contributed by atoms with Crippen molar-refractivity contribution >= 4 is 17.4 Å². The summed E-state index contributed by atoms with van der Waals surface area (Å²) in [5.74, 6) is 0.618. The van der Waals surface area contributed by atoms with Crippen molar-refractivity contribution in [3.05, 3.63) is 22.6 Å². The van der Waals surface area contributed by atoms with Crippen molar-refractivity contribution in [1.82, 2.24) is 9.55 Å². The third kappa shape index (κ3) is 4.29. The molecule has 0 saturated carbocycles. The fourth-order valence-electron chi connectivity index (χ4n) is 1.31. The number of nitro groups is 1. The first-order chi connectivity index (χ1) is 7.24.